The van der Waals surface area contributed by atoms with E-state index in [1.165, 1.54) is 58.3 Å². The van der Waals surface area contributed by atoms with Crippen molar-refractivity contribution < 1.29 is 37.4 Å². The largest absolute Gasteiger partial charge is 0.501 e. The van der Waals surface area contributed by atoms with Crippen LogP contribution >= 0.6 is 0 Å². The number of fused-ring (bicyclic) bond motifs is 9. The van der Waals surface area contributed by atoms with Crippen molar-refractivity contribution in [3.63, 3.8) is 0 Å². The van der Waals surface area contributed by atoms with Crippen molar-refractivity contribution in [3.8, 4) is 0 Å². The number of carbonyl (C=O) groups is 2. The Morgan fingerprint density at radius 3 is 1.86 bits per heavy atom. The molecule has 3 aliphatic heterocycles. The molecule has 0 aromatic rings. The summed E-state index contributed by atoms with van der Waals surface area (Å²) >= 11 is 0. The lowest BCUT2D eigenvalue weighted by Gasteiger charge is -2.48. The van der Waals surface area contributed by atoms with Crippen LogP contribution < -0.4 is 16.0 Å². The van der Waals surface area contributed by atoms with Crippen molar-refractivity contribution in [1.29, 1.82) is 0 Å². The zero-order chi connectivity index (χ0) is 31.5. The minimum Gasteiger partial charge on any atom is -0.463 e. The fourth-order valence-electron chi connectivity index (χ4n) is 6.01. The van der Waals surface area contributed by atoms with Gasteiger partial charge in [0.25, 0.3) is 0 Å². The molecule has 1 saturated carbocycles. The number of hydrogen-bond donors (Lipinski definition) is 4. The molecule has 1 aliphatic carbocycles. The molecule has 4 fully saturated rings. The van der Waals surface area contributed by atoms with Gasteiger partial charge < -0.3 is 43.8 Å². The quantitative estimate of drug-likeness (QED) is 0.0759. The SMILES string of the molecule is C=C(C)C(=O)OCC(O)COC(=O)CCNCCNCCNCCC[Si]12OC3CCCCCCCCCCC(CC(C3)O1)O2. The Kier molecular flexibility index (Phi) is 18.0. The van der Waals surface area contributed by atoms with Crippen LogP contribution in [0.4, 0.5) is 0 Å². The molecule has 3 atom stereocenters. The van der Waals surface area contributed by atoms with E-state index in [-0.39, 0.29) is 25.2 Å². The summed E-state index contributed by atoms with van der Waals surface area (Å²) in [5.74, 6) is -0.997. The number of aliphatic hydroxyl groups excluding tert-OH is 1. The summed E-state index contributed by atoms with van der Waals surface area (Å²) in [6.07, 6.45) is 16.0. The van der Waals surface area contributed by atoms with Gasteiger partial charge in [-0.2, -0.15) is 0 Å². The van der Waals surface area contributed by atoms with Gasteiger partial charge in [-0.3, -0.25) is 4.79 Å². The van der Waals surface area contributed by atoms with Gasteiger partial charge in [0, 0.05) is 44.3 Å². The molecule has 44 heavy (non-hydrogen) atoms. The van der Waals surface area contributed by atoms with Gasteiger partial charge in [-0.05, 0) is 45.6 Å². The van der Waals surface area contributed by atoms with E-state index in [2.05, 4.69) is 22.5 Å². The highest BCUT2D eigenvalue weighted by Crippen LogP contribution is 2.39. The molecule has 0 aromatic heterocycles. The van der Waals surface area contributed by atoms with Gasteiger partial charge in [0.05, 0.1) is 24.7 Å². The maximum absolute atomic E-state index is 11.8. The summed E-state index contributed by atoms with van der Waals surface area (Å²) in [7, 11) is -2.62. The van der Waals surface area contributed by atoms with E-state index in [1.54, 1.807) is 0 Å². The predicted molar refractivity (Wildman–Crippen MR) is 171 cm³/mol. The Hall–Kier alpha value is -1.38. The zero-order valence-corrected chi connectivity index (χ0v) is 28.1. The van der Waals surface area contributed by atoms with Gasteiger partial charge in [-0.25, -0.2) is 4.79 Å². The normalized spacial score (nSPS) is 26.8. The fourth-order valence-corrected chi connectivity index (χ4v) is 9.28. The number of nitrogens with one attached hydrogen (secondary N) is 3. The standard InChI is InChI=1S/C32H59N3O8Si/c1-26(2)32(38)40-25-27(36)24-39-31(37)14-16-34-18-20-35-19-17-33-15-11-21-44-41-28-12-9-7-5-3-4-6-8-10-13-29(42-44)23-30(22-28)43-44/h27-30,33-36H,1,3-25H2,2H3. The number of aliphatic hydroxyl groups is 1. The Labute approximate surface area is 265 Å². The average molecular weight is 642 g/mol. The van der Waals surface area contributed by atoms with Gasteiger partial charge in [0.15, 0.2) is 0 Å². The van der Waals surface area contributed by atoms with Crippen molar-refractivity contribution in [2.45, 2.75) is 127 Å². The first-order valence-electron chi connectivity index (χ1n) is 17.2. The second kappa shape index (κ2) is 21.4. The van der Waals surface area contributed by atoms with Crippen LogP contribution in [0.25, 0.3) is 0 Å². The molecule has 3 heterocycles. The molecule has 11 nitrogen and oxygen atoms in total. The molecular weight excluding hydrogens is 582 g/mol. The first kappa shape index (κ1) is 37.1. The highest BCUT2D eigenvalue weighted by atomic mass is 28.4. The predicted octanol–water partition coefficient (Wildman–Crippen LogP) is 3.38. The van der Waals surface area contributed by atoms with E-state index in [9.17, 15) is 14.7 Å². The molecule has 4 rings (SSSR count). The molecule has 0 spiro atoms. The lowest BCUT2D eigenvalue weighted by Crippen LogP contribution is -2.61. The van der Waals surface area contributed by atoms with Gasteiger partial charge >= 0.3 is 20.7 Å². The summed E-state index contributed by atoms with van der Waals surface area (Å²) < 4.78 is 29.8. The van der Waals surface area contributed by atoms with Crippen LogP contribution in [-0.4, -0.2) is 103 Å². The Morgan fingerprint density at radius 1 is 0.773 bits per heavy atom. The van der Waals surface area contributed by atoms with Crippen LogP contribution in [0.3, 0.4) is 0 Å². The summed E-state index contributed by atoms with van der Waals surface area (Å²) in [4.78, 5) is 23.1. The number of hydrogen-bond acceptors (Lipinski definition) is 11. The molecule has 3 saturated heterocycles. The second-order valence-corrected chi connectivity index (χ2v) is 15.2. The van der Waals surface area contributed by atoms with Crippen molar-refractivity contribution in [2.24, 2.45) is 0 Å². The summed E-state index contributed by atoms with van der Waals surface area (Å²) in [5, 5.41) is 19.9. The molecule has 254 valence electrons. The van der Waals surface area contributed by atoms with E-state index >= 15 is 0 Å². The van der Waals surface area contributed by atoms with Crippen LogP contribution in [-0.2, 0) is 32.3 Å². The second-order valence-electron chi connectivity index (χ2n) is 12.6. The van der Waals surface area contributed by atoms with E-state index in [0.717, 1.165) is 70.9 Å². The first-order valence-corrected chi connectivity index (χ1v) is 19.1. The van der Waals surface area contributed by atoms with Gasteiger partial charge in [0.2, 0.25) is 0 Å². The van der Waals surface area contributed by atoms with E-state index in [4.69, 9.17) is 22.8 Å². The number of rotatable bonds is 18. The molecular formula is C32H59N3O8Si. The van der Waals surface area contributed by atoms with Gasteiger partial charge in [-0.15, -0.1) is 0 Å². The molecule has 0 aromatic carbocycles. The lowest BCUT2D eigenvalue weighted by molar-refractivity contribution is -0.150. The van der Waals surface area contributed by atoms with E-state index in [1.807, 2.05) is 0 Å². The third-order valence-electron chi connectivity index (χ3n) is 8.38. The highest BCUT2D eigenvalue weighted by Gasteiger charge is 2.53. The molecule has 12 heteroatoms. The van der Waals surface area contributed by atoms with Crippen LogP contribution in [0.15, 0.2) is 12.2 Å². The van der Waals surface area contributed by atoms with E-state index < -0.39 is 26.8 Å². The molecule has 0 radical (unpaired) electrons. The van der Waals surface area contributed by atoms with Crippen molar-refractivity contribution >= 4 is 20.7 Å². The molecule has 3 unspecified atom stereocenters. The van der Waals surface area contributed by atoms with Crippen LogP contribution in [0.2, 0.25) is 6.04 Å². The molecule has 4 aliphatic rings. The minimum absolute atomic E-state index is 0.198. The smallest absolute Gasteiger partial charge is 0.463 e. The highest BCUT2D eigenvalue weighted by molar-refractivity contribution is 6.61. The topological polar surface area (TPSA) is 137 Å². The van der Waals surface area contributed by atoms with Crippen LogP contribution in [0.5, 0.6) is 0 Å². The monoisotopic (exact) mass is 641 g/mol. The molecule has 4 bridgehead atoms. The lowest BCUT2D eigenvalue weighted by atomic mass is 9.99. The number of ether oxygens (including phenoxy) is 2. The maximum Gasteiger partial charge on any atom is 0.501 e. The fraction of sp³-hybridized carbons (Fsp3) is 0.875. The van der Waals surface area contributed by atoms with Crippen molar-refractivity contribution in [2.75, 3.05) is 52.5 Å². The zero-order valence-electron chi connectivity index (χ0n) is 27.1. The maximum atomic E-state index is 11.8. The minimum atomic E-state index is -2.62. The third-order valence-corrected chi connectivity index (χ3v) is 11.4. The summed E-state index contributed by atoms with van der Waals surface area (Å²) in [5.41, 5.74) is 0.249. The number of carbonyl (C=O) groups excluding carboxylic acids is 2. The summed E-state index contributed by atoms with van der Waals surface area (Å²) in [6.45, 7) is 9.19. The van der Waals surface area contributed by atoms with Crippen molar-refractivity contribution in [1.82, 2.24) is 16.0 Å². The Morgan fingerprint density at radius 2 is 1.27 bits per heavy atom. The average Bonchev–Trinajstić information content (AvgIpc) is 3.00. The molecule has 4 N–H and O–H groups in total. The Bertz CT molecular complexity index is 826. The van der Waals surface area contributed by atoms with Gasteiger partial charge in [-0.1, -0.05) is 57.9 Å². The summed E-state index contributed by atoms with van der Waals surface area (Å²) in [6, 6.07) is 0.894. The molecule has 0 amide bonds. The van der Waals surface area contributed by atoms with Crippen LogP contribution in [0.1, 0.15) is 96.8 Å². The third kappa shape index (κ3) is 15.3. The van der Waals surface area contributed by atoms with Gasteiger partial charge in [0.1, 0.15) is 19.3 Å². The number of esters is 2. The first-order chi connectivity index (χ1) is 21.3. The van der Waals surface area contributed by atoms with Crippen molar-refractivity contribution in [3.05, 3.63) is 12.2 Å². The van der Waals surface area contributed by atoms with E-state index in [0.29, 0.717) is 24.9 Å². The van der Waals surface area contributed by atoms with Crippen LogP contribution in [0, 0.1) is 0 Å². The Balaban J connectivity index is 1.19.